The fourth-order valence-corrected chi connectivity index (χ4v) is 10.1. The molecular formula is C50H26FI. The third kappa shape index (κ3) is 3.75. The Morgan fingerprint density at radius 2 is 0.788 bits per heavy atom. The third-order valence-corrected chi connectivity index (χ3v) is 12.2. The first-order valence-corrected chi connectivity index (χ1v) is 18.8. The van der Waals surface area contributed by atoms with Gasteiger partial charge in [0, 0.05) is 3.57 Å². The Labute approximate surface area is 311 Å². The Bertz CT molecular complexity index is 3480. The molecule has 0 amide bonds. The zero-order chi connectivity index (χ0) is 34.2. The summed E-state index contributed by atoms with van der Waals surface area (Å²) < 4.78 is 16.6. The zero-order valence-electron chi connectivity index (χ0n) is 27.8. The summed E-state index contributed by atoms with van der Waals surface area (Å²) in [7, 11) is 0. The van der Waals surface area contributed by atoms with Gasteiger partial charge >= 0.3 is 0 Å². The molecule has 0 atom stereocenters. The summed E-state index contributed by atoms with van der Waals surface area (Å²) in [5.41, 5.74) is 4.39. The lowest BCUT2D eigenvalue weighted by Gasteiger charge is -2.17. The van der Waals surface area contributed by atoms with Crippen LogP contribution in [-0.2, 0) is 0 Å². The largest absolute Gasteiger partial charge is 0.207 e. The van der Waals surface area contributed by atoms with Crippen LogP contribution >= 0.6 is 22.6 Å². The van der Waals surface area contributed by atoms with E-state index in [1.807, 2.05) is 6.07 Å². The second kappa shape index (κ2) is 10.4. The lowest BCUT2D eigenvalue weighted by Crippen LogP contribution is -1.91. The standard InChI is InChI=1S/C50H26FI/c51-31-13-5-11-29(21-31)45-42-25-39-37-19-7-17-35-33-15-3-1-9-27(33)23-41(47(35)37)40(39)26-43(42)46(30-12-6-14-32(52)22-30)49-38-20-8-18-36-34-16-4-2-10-28(34)24-44(48(36)38)50(45)49/h1-26H. The molecule has 12 rings (SSSR count). The summed E-state index contributed by atoms with van der Waals surface area (Å²) in [4.78, 5) is 0. The van der Waals surface area contributed by atoms with Crippen molar-refractivity contribution in [2.75, 3.05) is 0 Å². The average molecular weight is 773 g/mol. The van der Waals surface area contributed by atoms with Gasteiger partial charge in [-0.1, -0.05) is 109 Å². The number of benzene rings is 10. The molecule has 0 aliphatic carbocycles. The topological polar surface area (TPSA) is 0 Å². The van der Waals surface area contributed by atoms with Gasteiger partial charge in [-0.3, -0.25) is 0 Å². The van der Waals surface area contributed by atoms with Crippen LogP contribution in [0.4, 0.5) is 4.39 Å². The van der Waals surface area contributed by atoms with E-state index >= 15 is 4.39 Å². The van der Waals surface area contributed by atoms with Crippen molar-refractivity contribution in [1.82, 2.24) is 0 Å². The maximum Gasteiger partial charge on any atom is 0.123 e. The van der Waals surface area contributed by atoms with Gasteiger partial charge in [-0.15, -0.1) is 0 Å². The van der Waals surface area contributed by atoms with Crippen LogP contribution in [0.2, 0.25) is 0 Å². The summed E-state index contributed by atoms with van der Waals surface area (Å²) in [6, 6.07) is 56.7. The van der Waals surface area contributed by atoms with Crippen molar-refractivity contribution in [2.24, 2.45) is 0 Å². The maximum atomic E-state index is 15.4. The number of fused-ring (bicyclic) bond motifs is 11. The van der Waals surface area contributed by atoms with Crippen LogP contribution in [0.5, 0.6) is 0 Å². The summed E-state index contributed by atoms with van der Waals surface area (Å²) in [5, 5.41) is 22.3. The van der Waals surface area contributed by atoms with Crippen molar-refractivity contribution in [3.63, 3.8) is 0 Å². The predicted octanol–water partition coefficient (Wildman–Crippen LogP) is 15.0. The van der Waals surface area contributed by atoms with Gasteiger partial charge < -0.3 is 0 Å². The van der Waals surface area contributed by atoms with E-state index in [0.29, 0.717) is 0 Å². The van der Waals surface area contributed by atoms with Gasteiger partial charge in [-0.05, 0) is 190 Å². The second-order valence-corrected chi connectivity index (χ2v) is 15.5. The minimum absolute atomic E-state index is 0.231. The smallest absolute Gasteiger partial charge is 0.123 e. The van der Waals surface area contributed by atoms with Crippen LogP contribution in [0.3, 0.4) is 0 Å². The zero-order valence-corrected chi connectivity index (χ0v) is 29.9. The molecule has 0 N–H and O–H groups in total. The van der Waals surface area contributed by atoms with Crippen molar-refractivity contribution in [3.8, 4) is 22.3 Å². The van der Waals surface area contributed by atoms with Crippen molar-refractivity contribution < 1.29 is 4.39 Å². The molecule has 2 heteroatoms. The summed E-state index contributed by atoms with van der Waals surface area (Å²) in [6.07, 6.45) is 0. The predicted molar refractivity (Wildman–Crippen MR) is 230 cm³/mol. The molecule has 0 nitrogen and oxygen atoms in total. The Morgan fingerprint density at radius 1 is 0.308 bits per heavy atom. The van der Waals surface area contributed by atoms with Gasteiger partial charge in [0.25, 0.3) is 0 Å². The van der Waals surface area contributed by atoms with Gasteiger partial charge in [0.2, 0.25) is 0 Å². The maximum absolute atomic E-state index is 15.4. The highest BCUT2D eigenvalue weighted by Gasteiger charge is 2.26. The van der Waals surface area contributed by atoms with E-state index in [1.165, 1.54) is 106 Å². The highest BCUT2D eigenvalue weighted by Crippen LogP contribution is 2.54. The Balaban J connectivity index is 1.41. The average Bonchev–Trinajstić information content (AvgIpc) is 3.66. The first kappa shape index (κ1) is 28.8. The van der Waals surface area contributed by atoms with Crippen molar-refractivity contribution >= 4 is 120 Å². The monoisotopic (exact) mass is 772 g/mol. The molecule has 0 spiro atoms. The molecule has 0 aromatic heterocycles. The highest BCUT2D eigenvalue weighted by atomic mass is 127. The normalized spacial score (nSPS) is 12.4. The molecule has 12 aromatic carbocycles. The number of hydrogen-bond donors (Lipinski definition) is 0. The van der Waals surface area contributed by atoms with E-state index in [1.54, 1.807) is 12.1 Å². The first-order chi connectivity index (χ1) is 25.6. The fourth-order valence-electron chi connectivity index (χ4n) is 9.57. The van der Waals surface area contributed by atoms with Crippen molar-refractivity contribution in [1.29, 1.82) is 0 Å². The lowest BCUT2D eigenvalue weighted by molar-refractivity contribution is 0.628. The molecule has 0 aliphatic heterocycles. The Morgan fingerprint density at radius 3 is 1.44 bits per heavy atom. The molecule has 0 saturated carbocycles. The lowest BCUT2D eigenvalue weighted by atomic mass is 9.85. The van der Waals surface area contributed by atoms with Gasteiger partial charge in [0.05, 0.1) is 0 Å². The van der Waals surface area contributed by atoms with Crippen LogP contribution in [0, 0.1) is 9.39 Å². The minimum Gasteiger partial charge on any atom is -0.207 e. The van der Waals surface area contributed by atoms with Crippen molar-refractivity contribution in [3.05, 3.63) is 167 Å². The number of halogens is 2. The molecule has 0 unspecified atom stereocenters. The van der Waals surface area contributed by atoms with Gasteiger partial charge in [-0.2, -0.15) is 0 Å². The fraction of sp³-hybridized carbons (Fsp3) is 0. The quantitative estimate of drug-likeness (QED) is 0.121. The van der Waals surface area contributed by atoms with E-state index < -0.39 is 0 Å². The molecule has 52 heavy (non-hydrogen) atoms. The van der Waals surface area contributed by atoms with E-state index in [2.05, 4.69) is 162 Å². The molecule has 240 valence electrons. The molecule has 0 fully saturated rings. The SMILES string of the molecule is Fc1cccc(-c2c3cc4c(cc3c(-c3cccc(I)c3)c3c5cccc6c7ccccc7cc(c23)c65)c2cc3ccccc3c3cccc4c32)c1. The minimum atomic E-state index is -0.231. The molecular weight excluding hydrogens is 746 g/mol. The van der Waals surface area contributed by atoms with Gasteiger partial charge in [0.15, 0.2) is 0 Å². The van der Waals surface area contributed by atoms with E-state index in [0.717, 1.165) is 16.5 Å². The Kier molecular flexibility index (Phi) is 5.75. The van der Waals surface area contributed by atoms with Crippen LogP contribution in [0.1, 0.15) is 0 Å². The Hall–Kier alpha value is -5.84. The summed E-state index contributed by atoms with van der Waals surface area (Å²) in [5.74, 6) is -0.231. The number of rotatable bonds is 2. The molecule has 12 aromatic rings. The van der Waals surface area contributed by atoms with Gasteiger partial charge in [0.1, 0.15) is 5.82 Å². The molecule has 0 aliphatic rings. The van der Waals surface area contributed by atoms with E-state index in [-0.39, 0.29) is 5.82 Å². The second-order valence-electron chi connectivity index (χ2n) is 14.2. The van der Waals surface area contributed by atoms with Crippen LogP contribution in [0.25, 0.3) is 119 Å². The van der Waals surface area contributed by atoms with Gasteiger partial charge in [-0.25, -0.2) is 4.39 Å². The third-order valence-electron chi connectivity index (χ3n) is 11.6. The highest BCUT2D eigenvalue weighted by molar-refractivity contribution is 14.1. The van der Waals surface area contributed by atoms with E-state index in [4.69, 9.17) is 0 Å². The number of hydrogen-bond acceptors (Lipinski definition) is 0. The first-order valence-electron chi connectivity index (χ1n) is 17.7. The van der Waals surface area contributed by atoms with E-state index in [9.17, 15) is 0 Å². The van der Waals surface area contributed by atoms with Crippen LogP contribution in [-0.4, -0.2) is 0 Å². The summed E-state index contributed by atoms with van der Waals surface area (Å²) >= 11 is 2.44. The summed E-state index contributed by atoms with van der Waals surface area (Å²) in [6.45, 7) is 0. The molecule has 0 heterocycles. The van der Waals surface area contributed by atoms with Crippen LogP contribution < -0.4 is 0 Å². The van der Waals surface area contributed by atoms with Crippen molar-refractivity contribution in [2.45, 2.75) is 0 Å². The molecule has 0 saturated heterocycles. The van der Waals surface area contributed by atoms with Crippen LogP contribution in [0.15, 0.2) is 158 Å². The molecule has 0 bridgehead atoms. The molecule has 0 radical (unpaired) electrons.